The molecule has 0 amide bonds. The summed E-state index contributed by atoms with van der Waals surface area (Å²) >= 11 is 7.98. The third kappa shape index (κ3) is 4.96. The fraction of sp³-hybridized carbons (Fsp3) is 0.471. The highest BCUT2D eigenvalue weighted by Crippen LogP contribution is 2.54. The van der Waals surface area contributed by atoms with Crippen LogP contribution in [0.3, 0.4) is 0 Å². The number of hydrogen-bond donors (Lipinski definition) is 0. The highest BCUT2D eigenvalue weighted by molar-refractivity contribution is 7.24. The first kappa shape index (κ1) is 28.1. The molecule has 202 valence electrons. The highest BCUT2D eigenvalue weighted by atomic mass is 32.1. The Morgan fingerprint density at radius 3 is 0.974 bits per heavy atom. The number of rotatable bonds is 2. The molecule has 0 unspecified atom stereocenters. The molecule has 0 bridgehead atoms. The van der Waals surface area contributed by atoms with E-state index >= 15 is 0 Å². The van der Waals surface area contributed by atoms with Crippen molar-refractivity contribution in [2.24, 2.45) is 0 Å². The quantitative estimate of drug-likeness (QED) is 0.195. The molecule has 0 saturated heterocycles. The molecule has 38 heavy (non-hydrogen) atoms. The van der Waals surface area contributed by atoms with Gasteiger partial charge in [0.2, 0.25) is 0 Å². The van der Waals surface area contributed by atoms with Crippen LogP contribution in [0.5, 0.6) is 0 Å². The summed E-state index contributed by atoms with van der Waals surface area (Å²) in [7, 11) is 0. The van der Waals surface area contributed by atoms with Crippen molar-refractivity contribution in [2.45, 2.75) is 105 Å². The Morgan fingerprint density at radius 1 is 0.395 bits per heavy atom. The maximum atomic E-state index is 2.52. The van der Waals surface area contributed by atoms with E-state index in [1.165, 1.54) is 60.6 Å². The Morgan fingerprint density at radius 2 is 0.711 bits per heavy atom. The second-order valence-corrected chi connectivity index (χ2v) is 19.1. The molecule has 4 aromatic heterocycles. The fourth-order valence-electron chi connectivity index (χ4n) is 4.75. The van der Waals surface area contributed by atoms with Gasteiger partial charge in [0.05, 0.1) is 0 Å². The number of thiophene rings is 4. The summed E-state index contributed by atoms with van der Waals surface area (Å²) in [5, 5.41) is 2.86. The molecular formula is C34H42S4. The molecule has 0 aliphatic heterocycles. The van der Waals surface area contributed by atoms with Crippen molar-refractivity contribution in [3.8, 4) is 20.9 Å². The molecule has 4 heteroatoms. The van der Waals surface area contributed by atoms with Crippen molar-refractivity contribution in [1.82, 2.24) is 0 Å². The molecule has 0 aliphatic carbocycles. The van der Waals surface area contributed by atoms with Gasteiger partial charge in [0.25, 0.3) is 0 Å². The van der Waals surface area contributed by atoms with E-state index in [-0.39, 0.29) is 21.7 Å². The number of benzene rings is 1. The highest BCUT2D eigenvalue weighted by Gasteiger charge is 2.29. The molecule has 0 radical (unpaired) electrons. The Kier molecular flexibility index (Phi) is 6.67. The first-order chi connectivity index (χ1) is 17.4. The zero-order chi connectivity index (χ0) is 28.0. The molecule has 1 aromatic carbocycles. The summed E-state index contributed by atoms with van der Waals surface area (Å²) in [5.41, 5.74) is 3.41. The van der Waals surface area contributed by atoms with Gasteiger partial charge in [-0.15, -0.1) is 45.3 Å². The minimum atomic E-state index is 0.111. The van der Waals surface area contributed by atoms with Gasteiger partial charge in [-0.05, 0) is 58.1 Å². The monoisotopic (exact) mass is 578 g/mol. The third-order valence-electron chi connectivity index (χ3n) is 7.12. The Hall–Kier alpha value is -1.46. The standard InChI is InChI=1S/C34H42S4/c1-31(2,3)23-15-13-21(35-23)27-19-17-25(33(7,8)9)38-30(19)28(22-14-16-24(36-22)32(4,5)6)20-18-26(34(10,11)12)37-29(20)27/h13-18H,1-12H3. The molecule has 0 aliphatic rings. The van der Waals surface area contributed by atoms with E-state index in [1.54, 1.807) is 0 Å². The SMILES string of the molecule is CC(C)(C)c1ccc(-c2c3cc(C(C)(C)C)sc3c(-c3ccc(C(C)(C)C)s3)c3cc(C(C)(C)C)sc23)s1. The van der Waals surface area contributed by atoms with Crippen LogP contribution in [0.4, 0.5) is 0 Å². The van der Waals surface area contributed by atoms with Gasteiger partial charge in [-0.1, -0.05) is 83.1 Å². The van der Waals surface area contributed by atoms with Crippen LogP contribution in [-0.4, -0.2) is 0 Å². The van der Waals surface area contributed by atoms with Crippen molar-refractivity contribution in [3.63, 3.8) is 0 Å². The molecule has 4 heterocycles. The molecule has 0 nitrogen and oxygen atoms in total. The van der Waals surface area contributed by atoms with Gasteiger partial charge in [0.1, 0.15) is 0 Å². The van der Waals surface area contributed by atoms with Crippen LogP contribution >= 0.6 is 45.3 Å². The van der Waals surface area contributed by atoms with E-state index in [0.29, 0.717) is 0 Å². The maximum Gasteiger partial charge on any atom is 0.0446 e. The van der Waals surface area contributed by atoms with Crippen molar-refractivity contribution < 1.29 is 0 Å². The minimum absolute atomic E-state index is 0.111. The van der Waals surface area contributed by atoms with E-state index in [4.69, 9.17) is 0 Å². The second kappa shape index (κ2) is 9.03. The van der Waals surface area contributed by atoms with Crippen LogP contribution in [0.1, 0.15) is 103 Å². The normalized spacial score (nSPS) is 13.8. The van der Waals surface area contributed by atoms with Crippen molar-refractivity contribution >= 4 is 65.5 Å². The summed E-state index contributed by atoms with van der Waals surface area (Å²) in [6.07, 6.45) is 0. The lowest BCUT2D eigenvalue weighted by atomic mass is 9.91. The molecule has 5 rings (SSSR count). The molecular weight excluding hydrogens is 537 g/mol. The fourth-order valence-corrected chi connectivity index (χ4v) is 9.73. The van der Waals surface area contributed by atoms with E-state index in [2.05, 4.69) is 119 Å². The van der Waals surface area contributed by atoms with E-state index in [0.717, 1.165) is 0 Å². The summed E-state index contributed by atoms with van der Waals surface area (Å²) in [6, 6.07) is 14.5. The first-order valence-electron chi connectivity index (χ1n) is 13.6. The summed E-state index contributed by atoms with van der Waals surface area (Å²) in [6.45, 7) is 28.1. The molecule has 0 spiro atoms. The Labute approximate surface area is 245 Å². The average molecular weight is 579 g/mol. The Bertz CT molecular complexity index is 1460. The summed E-state index contributed by atoms with van der Waals surface area (Å²) < 4.78 is 2.90. The predicted octanol–water partition coefficient (Wildman–Crippen LogP) is 12.8. The first-order valence-corrected chi connectivity index (χ1v) is 16.9. The van der Waals surface area contributed by atoms with E-state index in [9.17, 15) is 0 Å². The molecule has 0 saturated carbocycles. The minimum Gasteiger partial charge on any atom is -0.140 e. The maximum absolute atomic E-state index is 2.52. The number of fused-ring (bicyclic) bond motifs is 2. The zero-order valence-electron chi connectivity index (χ0n) is 25.1. The summed E-state index contributed by atoms with van der Waals surface area (Å²) in [5.74, 6) is 0. The predicted molar refractivity (Wildman–Crippen MR) is 179 cm³/mol. The molecule has 5 aromatic rings. The third-order valence-corrected chi connectivity index (χ3v) is 13.3. The van der Waals surface area contributed by atoms with Crippen molar-refractivity contribution in [2.75, 3.05) is 0 Å². The van der Waals surface area contributed by atoms with Crippen LogP contribution in [0.15, 0.2) is 36.4 Å². The van der Waals surface area contributed by atoms with Crippen LogP contribution in [0.2, 0.25) is 0 Å². The van der Waals surface area contributed by atoms with E-state index < -0.39 is 0 Å². The largest absolute Gasteiger partial charge is 0.140 e. The summed E-state index contributed by atoms with van der Waals surface area (Å²) in [4.78, 5) is 8.62. The van der Waals surface area contributed by atoms with E-state index in [1.807, 2.05) is 45.3 Å². The smallest absolute Gasteiger partial charge is 0.0446 e. The van der Waals surface area contributed by atoms with Gasteiger partial charge in [-0.2, -0.15) is 0 Å². The average Bonchev–Trinajstić information content (AvgIpc) is 3.54. The van der Waals surface area contributed by atoms with Crippen molar-refractivity contribution in [1.29, 1.82) is 0 Å². The lowest BCUT2D eigenvalue weighted by Crippen LogP contribution is -2.07. The van der Waals surface area contributed by atoms with Crippen LogP contribution in [0.25, 0.3) is 41.1 Å². The van der Waals surface area contributed by atoms with Gasteiger partial charge in [0, 0.05) is 60.6 Å². The zero-order valence-corrected chi connectivity index (χ0v) is 28.4. The van der Waals surface area contributed by atoms with Gasteiger partial charge in [-0.3, -0.25) is 0 Å². The van der Waals surface area contributed by atoms with Gasteiger partial charge in [-0.25, -0.2) is 0 Å². The number of hydrogen-bond acceptors (Lipinski definition) is 4. The van der Waals surface area contributed by atoms with Crippen molar-refractivity contribution in [3.05, 3.63) is 55.9 Å². The van der Waals surface area contributed by atoms with Gasteiger partial charge in [0.15, 0.2) is 0 Å². The van der Waals surface area contributed by atoms with Crippen LogP contribution in [0, 0.1) is 0 Å². The lowest BCUT2D eigenvalue weighted by molar-refractivity contribution is 0.603. The second-order valence-electron chi connectivity index (χ2n) is 14.8. The lowest BCUT2D eigenvalue weighted by Gasteiger charge is -2.16. The molecule has 0 fully saturated rings. The topological polar surface area (TPSA) is 0 Å². The molecule has 0 atom stereocenters. The van der Waals surface area contributed by atoms with Crippen LogP contribution < -0.4 is 0 Å². The van der Waals surface area contributed by atoms with Crippen LogP contribution in [-0.2, 0) is 21.7 Å². The Balaban J connectivity index is 1.94. The molecule has 0 N–H and O–H groups in total. The van der Waals surface area contributed by atoms with Gasteiger partial charge >= 0.3 is 0 Å². The van der Waals surface area contributed by atoms with Gasteiger partial charge < -0.3 is 0 Å².